The van der Waals surface area contributed by atoms with Gasteiger partial charge in [-0.25, -0.2) is 13.6 Å². The van der Waals surface area contributed by atoms with E-state index in [0.29, 0.717) is 12.1 Å². The second kappa shape index (κ2) is 9.29. The van der Waals surface area contributed by atoms with Crippen molar-refractivity contribution in [1.82, 2.24) is 0 Å². The molecule has 2 bridgehead atoms. The van der Waals surface area contributed by atoms with Gasteiger partial charge < -0.3 is 14.6 Å². The number of hydrogen-bond donors (Lipinski definition) is 1. The highest BCUT2D eigenvalue weighted by Crippen LogP contribution is 2.59. The maximum Gasteiger partial charge on any atom is 0.341 e. The fourth-order valence-corrected chi connectivity index (χ4v) is 6.78. The molecule has 3 aromatic rings. The van der Waals surface area contributed by atoms with E-state index in [9.17, 15) is 23.2 Å². The largest absolute Gasteiger partial charge is 0.477 e. The van der Waals surface area contributed by atoms with Gasteiger partial charge in [0.05, 0.1) is 11.8 Å². The van der Waals surface area contributed by atoms with Crippen LogP contribution in [0.5, 0.6) is 5.75 Å². The van der Waals surface area contributed by atoms with Gasteiger partial charge in [0.15, 0.2) is 0 Å². The van der Waals surface area contributed by atoms with Crippen molar-refractivity contribution in [2.45, 2.75) is 50.0 Å². The van der Waals surface area contributed by atoms with E-state index in [1.54, 1.807) is 0 Å². The average molecular weight is 533 g/mol. The first-order valence-corrected chi connectivity index (χ1v) is 13.0. The number of ether oxygens (including phenoxy) is 2. The molecule has 1 fully saturated rings. The minimum absolute atomic E-state index is 0.472. The highest BCUT2D eigenvalue weighted by Gasteiger charge is 2.57. The Morgan fingerprint density at radius 1 is 0.795 bits per heavy atom. The van der Waals surface area contributed by atoms with Crippen molar-refractivity contribution in [1.29, 1.82) is 0 Å². The molecule has 4 aliphatic rings. The van der Waals surface area contributed by atoms with Crippen molar-refractivity contribution in [2.24, 2.45) is 11.8 Å². The van der Waals surface area contributed by atoms with E-state index in [-0.39, 0.29) is 0 Å². The van der Waals surface area contributed by atoms with Gasteiger partial charge in [-0.15, -0.1) is 0 Å². The Balaban J connectivity index is 1.44. The zero-order chi connectivity index (χ0) is 27.5. The summed E-state index contributed by atoms with van der Waals surface area (Å²) in [6.07, 6.45) is 3.36. The summed E-state index contributed by atoms with van der Waals surface area (Å²) in [4.78, 5) is 39.0. The van der Waals surface area contributed by atoms with Crippen molar-refractivity contribution in [3.05, 3.63) is 100 Å². The van der Waals surface area contributed by atoms with Crippen LogP contribution >= 0.6 is 0 Å². The molecule has 7 rings (SSSR count). The van der Waals surface area contributed by atoms with Crippen LogP contribution in [0, 0.1) is 23.5 Å². The lowest BCUT2D eigenvalue weighted by Crippen LogP contribution is -2.50. The number of esters is 2. The summed E-state index contributed by atoms with van der Waals surface area (Å²) in [7, 11) is 0. The van der Waals surface area contributed by atoms with Crippen LogP contribution < -0.4 is 4.74 Å². The lowest BCUT2D eigenvalue weighted by molar-refractivity contribution is -0.170. The molecule has 1 saturated carbocycles. The molecule has 2 atom stereocenters. The topological polar surface area (TPSA) is 89.9 Å². The van der Waals surface area contributed by atoms with Crippen molar-refractivity contribution in [2.75, 3.05) is 0 Å². The number of hydrogen-bond acceptors (Lipinski definition) is 5. The van der Waals surface area contributed by atoms with Crippen molar-refractivity contribution in [3.8, 4) is 5.75 Å². The summed E-state index contributed by atoms with van der Waals surface area (Å²) >= 11 is 0. The normalized spacial score (nSPS) is 24.0. The number of rotatable bonds is 5. The molecule has 39 heavy (non-hydrogen) atoms. The van der Waals surface area contributed by atoms with Crippen LogP contribution in [0.15, 0.2) is 60.7 Å². The van der Waals surface area contributed by atoms with Crippen LogP contribution in [0.25, 0.3) is 0 Å². The van der Waals surface area contributed by atoms with E-state index in [0.717, 1.165) is 47.9 Å². The van der Waals surface area contributed by atoms with Crippen LogP contribution in [-0.4, -0.2) is 28.6 Å². The number of aromatic carboxylic acids is 1. The molecule has 0 saturated heterocycles. The SMILES string of the molecule is CC1(OC(=O)C2C3c4ccccc4C(c4ccccc43)C2C(=O)Oc2cc(F)c(C(=O)O)c(F)c2)CCCC1. The van der Waals surface area contributed by atoms with E-state index in [1.807, 2.05) is 55.5 Å². The molecule has 0 amide bonds. The van der Waals surface area contributed by atoms with Crippen LogP contribution in [0.3, 0.4) is 0 Å². The number of halogens is 2. The molecule has 6 nitrogen and oxygen atoms in total. The van der Waals surface area contributed by atoms with Gasteiger partial charge in [0.1, 0.15) is 28.5 Å². The second-order valence-electron chi connectivity index (χ2n) is 10.8. The molecule has 1 N–H and O–H groups in total. The van der Waals surface area contributed by atoms with Crippen LogP contribution in [-0.2, 0) is 14.3 Å². The lowest BCUT2D eigenvalue weighted by atomic mass is 9.54. The third-order valence-corrected chi connectivity index (χ3v) is 8.44. The number of carbonyl (C=O) groups is 3. The highest BCUT2D eigenvalue weighted by atomic mass is 19.1. The van der Waals surface area contributed by atoms with Crippen molar-refractivity contribution in [3.63, 3.8) is 0 Å². The van der Waals surface area contributed by atoms with Gasteiger partial charge in [-0.05, 0) is 54.9 Å². The van der Waals surface area contributed by atoms with Gasteiger partial charge in [-0.1, -0.05) is 48.5 Å². The lowest BCUT2D eigenvalue weighted by Gasteiger charge is -2.48. The van der Waals surface area contributed by atoms with Crippen molar-refractivity contribution >= 4 is 17.9 Å². The Hall–Kier alpha value is -4.07. The molecule has 4 aliphatic carbocycles. The fourth-order valence-electron chi connectivity index (χ4n) is 6.78. The van der Waals surface area contributed by atoms with Gasteiger partial charge in [-0.3, -0.25) is 9.59 Å². The minimum Gasteiger partial charge on any atom is -0.477 e. The number of carbonyl (C=O) groups excluding carboxylic acids is 2. The molecular weight excluding hydrogens is 506 g/mol. The Labute approximate surface area is 223 Å². The third-order valence-electron chi connectivity index (χ3n) is 8.44. The smallest absolute Gasteiger partial charge is 0.341 e. The first-order chi connectivity index (χ1) is 18.7. The standard InChI is InChI=1S/C31H26F2O6/c1-31(12-6-7-13-31)39-30(37)27-24-19-10-4-2-8-17(19)23(18-9-3-5-11-20(18)24)26(27)29(36)38-16-14-21(32)25(28(34)35)22(33)15-16/h2-5,8-11,14-15,23-24,26-27H,6-7,12-13H2,1H3,(H,34,35). The van der Waals surface area contributed by atoms with Gasteiger partial charge >= 0.3 is 17.9 Å². The van der Waals surface area contributed by atoms with Gasteiger partial charge in [-0.2, -0.15) is 0 Å². The minimum atomic E-state index is -1.77. The van der Waals surface area contributed by atoms with E-state index in [4.69, 9.17) is 14.6 Å². The number of fused-ring (bicyclic) bond motifs is 1. The quantitative estimate of drug-likeness (QED) is 0.322. The fraction of sp³-hybridized carbons (Fsp3) is 0.323. The molecule has 0 heterocycles. The van der Waals surface area contributed by atoms with E-state index in [2.05, 4.69) is 0 Å². The summed E-state index contributed by atoms with van der Waals surface area (Å²) in [6, 6.07) is 16.6. The zero-order valence-electron chi connectivity index (χ0n) is 21.2. The maximum absolute atomic E-state index is 14.4. The molecule has 0 aliphatic heterocycles. The van der Waals surface area contributed by atoms with E-state index >= 15 is 0 Å². The third kappa shape index (κ3) is 4.09. The molecule has 200 valence electrons. The molecule has 0 aromatic heterocycles. The summed E-state index contributed by atoms with van der Waals surface area (Å²) in [5, 5.41) is 9.08. The summed E-state index contributed by atoms with van der Waals surface area (Å²) in [6.45, 7) is 1.91. The highest BCUT2D eigenvalue weighted by molar-refractivity contribution is 5.90. The predicted octanol–water partition coefficient (Wildman–Crippen LogP) is 5.97. The Kier molecular flexibility index (Phi) is 6.01. The van der Waals surface area contributed by atoms with Gasteiger partial charge in [0, 0.05) is 24.0 Å². The first kappa shape index (κ1) is 25.2. The second-order valence-corrected chi connectivity index (χ2v) is 10.8. The molecule has 0 spiro atoms. The number of benzene rings is 3. The first-order valence-electron chi connectivity index (χ1n) is 13.0. The summed E-state index contributed by atoms with van der Waals surface area (Å²) < 4.78 is 40.4. The maximum atomic E-state index is 14.4. The van der Waals surface area contributed by atoms with Crippen LogP contribution in [0.4, 0.5) is 8.78 Å². The van der Waals surface area contributed by atoms with E-state index in [1.165, 1.54) is 0 Å². The Morgan fingerprint density at radius 2 is 1.23 bits per heavy atom. The van der Waals surface area contributed by atoms with Gasteiger partial charge in [0.25, 0.3) is 0 Å². The van der Waals surface area contributed by atoms with Crippen LogP contribution in [0.2, 0.25) is 0 Å². The van der Waals surface area contributed by atoms with Gasteiger partial charge in [0.2, 0.25) is 0 Å². The number of carboxylic acids is 1. The zero-order valence-corrected chi connectivity index (χ0v) is 21.2. The molecule has 0 radical (unpaired) electrons. The molecular formula is C31H26F2O6. The van der Waals surface area contributed by atoms with Crippen molar-refractivity contribution < 1.29 is 37.7 Å². The van der Waals surface area contributed by atoms with Crippen LogP contribution in [0.1, 0.15) is 77.1 Å². The predicted molar refractivity (Wildman–Crippen MR) is 135 cm³/mol. The summed E-state index contributed by atoms with van der Waals surface area (Å²) in [5.41, 5.74) is 1.88. The molecule has 2 unspecified atom stereocenters. The molecule has 3 aromatic carbocycles. The Bertz CT molecular complexity index is 1440. The average Bonchev–Trinajstić information content (AvgIpc) is 3.33. The number of carboxylic acid groups (broad SMARTS) is 1. The molecule has 8 heteroatoms. The Morgan fingerprint density at radius 3 is 1.67 bits per heavy atom. The van der Waals surface area contributed by atoms with E-state index < -0.39 is 70.1 Å². The monoisotopic (exact) mass is 532 g/mol. The summed E-state index contributed by atoms with van der Waals surface area (Å²) in [5.74, 6) is -9.28.